The van der Waals surface area contributed by atoms with Gasteiger partial charge in [0.2, 0.25) is 5.91 Å². The van der Waals surface area contributed by atoms with Crippen molar-refractivity contribution in [2.75, 3.05) is 13.2 Å². The second-order valence-electron chi connectivity index (χ2n) is 5.58. The highest BCUT2D eigenvalue weighted by Crippen LogP contribution is 2.20. The zero-order valence-corrected chi connectivity index (χ0v) is 13.0. The summed E-state index contributed by atoms with van der Waals surface area (Å²) >= 11 is 0. The molecule has 0 bridgehead atoms. The summed E-state index contributed by atoms with van der Waals surface area (Å²) in [5.41, 5.74) is 0. The Morgan fingerprint density at radius 2 is 1.85 bits per heavy atom. The van der Waals surface area contributed by atoms with Crippen molar-refractivity contribution in [2.45, 2.75) is 77.7 Å². The molecule has 1 fully saturated rings. The van der Waals surface area contributed by atoms with Gasteiger partial charge in [0.05, 0.1) is 6.61 Å². The van der Waals surface area contributed by atoms with Crippen molar-refractivity contribution in [1.29, 1.82) is 0 Å². The molecule has 0 aromatic carbocycles. The number of unbranched alkanes of at least 4 members (excludes halogenated alkanes) is 4. The number of ether oxygens (including phenoxy) is 1. The maximum Gasteiger partial charge on any atom is 0.328 e. The van der Waals surface area contributed by atoms with E-state index in [9.17, 15) is 9.59 Å². The molecule has 1 aliphatic rings. The molecule has 1 saturated heterocycles. The predicted octanol–water partition coefficient (Wildman–Crippen LogP) is 3.29. The molecule has 20 heavy (non-hydrogen) atoms. The lowest BCUT2D eigenvalue weighted by molar-refractivity contribution is -0.153. The van der Waals surface area contributed by atoms with Crippen LogP contribution in [0, 0.1) is 0 Å². The molecule has 1 heterocycles. The number of amides is 1. The zero-order valence-electron chi connectivity index (χ0n) is 13.0. The molecular formula is C16H29NO3. The van der Waals surface area contributed by atoms with E-state index in [1.807, 2.05) is 6.92 Å². The average Bonchev–Trinajstić information content (AvgIpc) is 2.93. The molecule has 1 atom stereocenters. The molecule has 0 aromatic heterocycles. The number of likely N-dealkylation sites (tertiary alicyclic amines) is 1. The monoisotopic (exact) mass is 283 g/mol. The molecule has 4 nitrogen and oxygen atoms in total. The van der Waals surface area contributed by atoms with Crippen LogP contribution in [0.3, 0.4) is 0 Å². The number of carbonyl (C=O) groups is 2. The number of rotatable bonds is 9. The molecule has 4 heteroatoms. The van der Waals surface area contributed by atoms with Crippen LogP contribution in [0.4, 0.5) is 0 Å². The summed E-state index contributed by atoms with van der Waals surface area (Å²) in [6.45, 7) is 5.32. The molecule has 1 aliphatic heterocycles. The van der Waals surface area contributed by atoms with Crippen molar-refractivity contribution in [2.24, 2.45) is 0 Å². The van der Waals surface area contributed by atoms with Crippen molar-refractivity contribution in [3.63, 3.8) is 0 Å². The molecule has 1 rings (SSSR count). The fourth-order valence-corrected chi connectivity index (χ4v) is 2.63. The van der Waals surface area contributed by atoms with E-state index >= 15 is 0 Å². The Morgan fingerprint density at radius 3 is 2.55 bits per heavy atom. The van der Waals surface area contributed by atoms with Gasteiger partial charge in [-0.1, -0.05) is 39.5 Å². The molecule has 0 aromatic rings. The fourth-order valence-electron chi connectivity index (χ4n) is 2.63. The fraction of sp³-hybridized carbons (Fsp3) is 0.875. The first-order valence-corrected chi connectivity index (χ1v) is 8.16. The van der Waals surface area contributed by atoms with Crippen LogP contribution < -0.4 is 0 Å². The van der Waals surface area contributed by atoms with Crippen LogP contribution in [0.15, 0.2) is 0 Å². The van der Waals surface area contributed by atoms with Crippen LogP contribution in [0.2, 0.25) is 0 Å². The summed E-state index contributed by atoms with van der Waals surface area (Å²) < 4.78 is 5.18. The number of carbonyl (C=O) groups excluding carboxylic acids is 2. The number of esters is 1. The highest BCUT2D eigenvalue weighted by molar-refractivity contribution is 5.85. The first-order valence-electron chi connectivity index (χ1n) is 8.16. The Labute approximate surface area is 122 Å². The van der Waals surface area contributed by atoms with E-state index in [4.69, 9.17) is 4.74 Å². The Morgan fingerprint density at radius 1 is 1.10 bits per heavy atom. The van der Waals surface area contributed by atoms with Gasteiger partial charge >= 0.3 is 5.97 Å². The maximum absolute atomic E-state index is 12.2. The third-order valence-corrected chi connectivity index (χ3v) is 3.79. The van der Waals surface area contributed by atoms with Gasteiger partial charge in [0.25, 0.3) is 0 Å². The zero-order chi connectivity index (χ0) is 14.8. The Hall–Kier alpha value is -1.06. The summed E-state index contributed by atoms with van der Waals surface area (Å²) in [6, 6.07) is -0.329. The first kappa shape index (κ1) is 17.0. The van der Waals surface area contributed by atoms with Crippen molar-refractivity contribution < 1.29 is 14.3 Å². The minimum absolute atomic E-state index is 0.123. The first-order chi connectivity index (χ1) is 9.70. The largest absolute Gasteiger partial charge is 0.464 e. The van der Waals surface area contributed by atoms with Gasteiger partial charge in [-0.25, -0.2) is 4.79 Å². The van der Waals surface area contributed by atoms with Crippen molar-refractivity contribution in [1.82, 2.24) is 4.90 Å². The quantitative estimate of drug-likeness (QED) is 0.482. The molecule has 0 radical (unpaired) electrons. The lowest BCUT2D eigenvalue weighted by Gasteiger charge is -2.23. The van der Waals surface area contributed by atoms with Gasteiger partial charge in [-0.15, -0.1) is 0 Å². The Bertz CT molecular complexity index is 304. The number of hydrogen-bond acceptors (Lipinski definition) is 3. The van der Waals surface area contributed by atoms with Crippen LogP contribution in [0.1, 0.15) is 71.6 Å². The van der Waals surface area contributed by atoms with Crippen molar-refractivity contribution >= 4 is 11.9 Å². The Kier molecular flexibility index (Phi) is 8.31. The third-order valence-electron chi connectivity index (χ3n) is 3.79. The molecule has 0 spiro atoms. The van der Waals surface area contributed by atoms with E-state index in [2.05, 4.69) is 6.92 Å². The van der Waals surface area contributed by atoms with E-state index in [1.165, 1.54) is 19.3 Å². The van der Waals surface area contributed by atoms with Crippen molar-refractivity contribution in [3.8, 4) is 0 Å². The van der Waals surface area contributed by atoms with E-state index in [-0.39, 0.29) is 17.9 Å². The van der Waals surface area contributed by atoms with Gasteiger partial charge in [0, 0.05) is 13.0 Å². The minimum Gasteiger partial charge on any atom is -0.464 e. The van der Waals surface area contributed by atoms with Crippen LogP contribution in [0.5, 0.6) is 0 Å². The van der Waals surface area contributed by atoms with E-state index in [0.717, 1.165) is 32.1 Å². The third kappa shape index (κ3) is 5.51. The summed E-state index contributed by atoms with van der Waals surface area (Å²) in [7, 11) is 0. The van der Waals surface area contributed by atoms with Crippen LogP contribution >= 0.6 is 0 Å². The highest BCUT2D eigenvalue weighted by Gasteiger charge is 2.34. The maximum atomic E-state index is 12.2. The van der Waals surface area contributed by atoms with Crippen LogP contribution in [0.25, 0.3) is 0 Å². The molecule has 116 valence electrons. The second kappa shape index (κ2) is 9.78. The molecule has 0 saturated carbocycles. The second-order valence-corrected chi connectivity index (χ2v) is 5.58. The van der Waals surface area contributed by atoms with Gasteiger partial charge in [-0.05, 0) is 25.7 Å². The molecule has 0 aliphatic carbocycles. The van der Waals surface area contributed by atoms with E-state index in [1.54, 1.807) is 4.90 Å². The van der Waals surface area contributed by atoms with Gasteiger partial charge in [0.1, 0.15) is 6.04 Å². The summed E-state index contributed by atoms with van der Waals surface area (Å²) in [4.78, 5) is 25.8. The van der Waals surface area contributed by atoms with Gasteiger partial charge in [-0.3, -0.25) is 4.79 Å². The molecule has 1 unspecified atom stereocenters. The van der Waals surface area contributed by atoms with Crippen LogP contribution in [-0.2, 0) is 14.3 Å². The Balaban J connectivity index is 2.32. The lowest BCUT2D eigenvalue weighted by Crippen LogP contribution is -2.41. The lowest BCUT2D eigenvalue weighted by atomic mass is 10.1. The van der Waals surface area contributed by atoms with E-state index in [0.29, 0.717) is 19.6 Å². The average molecular weight is 283 g/mol. The molecular weight excluding hydrogens is 254 g/mol. The van der Waals surface area contributed by atoms with Gasteiger partial charge in [-0.2, -0.15) is 0 Å². The van der Waals surface area contributed by atoms with Crippen molar-refractivity contribution in [3.05, 3.63) is 0 Å². The summed E-state index contributed by atoms with van der Waals surface area (Å²) in [6.07, 6.45) is 8.76. The molecule has 1 amide bonds. The van der Waals surface area contributed by atoms with Gasteiger partial charge in [0.15, 0.2) is 0 Å². The number of nitrogens with zero attached hydrogens (tertiary/aromatic N) is 1. The standard InChI is InChI=1S/C16H29NO3/c1-3-5-6-7-8-11-15(18)17-12-9-10-14(17)16(19)20-13-4-2/h14H,3-13H2,1-2H3. The SMILES string of the molecule is CCCCCCCC(=O)N1CCCC1C(=O)OCCC. The topological polar surface area (TPSA) is 46.6 Å². The minimum atomic E-state index is -0.329. The number of hydrogen-bond donors (Lipinski definition) is 0. The van der Waals surface area contributed by atoms with E-state index < -0.39 is 0 Å². The van der Waals surface area contributed by atoms with Crippen LogP contribution in [-0.4, -0.2) is 36.0 Å². The predicted molar refractivity (Wildman–Crippen MR) is 79.4 cm³/mol. The molecule has 0 N–H and O–H groups in total. The van der Waals surface area contributed by atoms with Gasteiger partial charge < -0.3 is 9.64 Å². The normalized spacial score (nSPS) is 18.3. The summed E-state index contributed by atoms with van der Waals surface area (Å²) in [5.74, 6) is -0.0962. The highest BCUT2D eigenvalue weighted by atomic mass is 16.5. The smallest absolute Gasteiger partial charge is 0.328 e. The summed E-state index contributed by atoms with van der Waals surface area (Å²) in [5, 5.41) is 0.